The second-order valence-electron chi connectivity index (χ2n) is 7.81. The normalized spacial score (nSPS) is 28.4. The number of benzene rings is 1. The Labute approximate surface area is 148 Å². The number of nitrogens with two attached hydrogens (primary N) is 1. The molecule has 1 aromatic carbocycles. The average Bonchev–Trinajstić information content (AvgIpc) is 3.28. The van der Waals surface area contributed by atoms with Crippen LogP contribution in [0.25, 0.3) is 0 Å². The number of hydrogen-bond acceptors (Lipinski definition) is 5. The van der Waals surface area contributed by atoms with Crippen molar-refractivity contribution < 1.29 is 0 Å². The minimum absolute atomic E-state index is 0.435. The molecule has 25 heavy (non-hydrogen) atoms. The molecule has 2 fully saturated rings. The van der Waals surface area contributed by atoms with E-state index < -0.39 is 0 Å². The Hall–Kier alpha value is -2.14. The van der Waals surface area contributed by atoms with Crippen LogP contribution in [0.4, 0.5) is 11.8 Å². The molecule has 5 heteroatoms. The maximum absolute atomic E-state index is 6.00. The molecule has 3 atom stereocenters. The molecular formula is C20H25N5. The van der Waals surface area contributed by atoms with E-state index in [-0.39, 0.29) is 0 Å². The Balaban J connectivity index is 1.46. The lowest BCUT2D eigenvalue weighted by molar-refractivity contribution is 0.279. The molecule has 0 amide bonds. The first-order valence-electron chi connectivity index (χ1n) is 9.36. The molecule has 0 saturated carbocycles. The first-order chi connectivity index (χ1) is 12.2. The Morgan fingerprint density at radius 1 is 1.04 bits per heavy atom. The first-order valence-corrected chi connectivity index (χ1v) is 9.36. The lowest BCUT2D eigenvalue weighted by Crippen LogP contribution is -2.30. The Bertz CT molecular complexity index is 790. The lowest BCUT2D eigenvalue weighted by atomic mass is 9.90. The second kappa shape index (κ2) is 5.70. The average molecular weight is 335 g/mol. The highest BCUT2D eigenvalue weighted by Crippen LogP contribution is 2.45. The van der Waals surface area contributed by atoms with E-state index in [0.29, 0.717) is 23.8 Å². The predicted octanol–water partition coefficient (Wildman–Crippen LogP) is 2.29. The zero-order chi connectivity index (χ0) is 17.0. The standard InChI is InChI=1S/C20H25N5/c1-24-10-14-11-25(12-16(14)18(24)13-6-3-2-4-7-13)19-15-8-5-9-17(15)22-20(21)23-19/h2-4,6-7,14,16,18H,5,8-12H2,1H3,(H2,21,22,23)/t14-,16+,18-/m0/s1. The topological polar surface area (TPSA) is 58.3 Å². The lowest BCUT2D eigenvalue weighted by Gasteiger charge is -2.28. The van der Waals surface area contributed by atoms with Gasteiger partial charge in [0.05, 0.1) is 5.69 Å². The Morgan fingerprint density at radius 3 is 2.72 bits per heavy atom. The fourth-order valence-corrected chi connectivity index (χ4v) is 5.28. The molecule has 1 aromatic heterocycles. The van der Waals surface area contributed by atoms with Crippen molar-refractivity contribution in [2.75, 3.05) is 37.3 Å². The van der Waals surface area contributed by atoms with E-state index in [0.717, 1.165) is 38.3 Å². The van der Waals surface area contributed by atoms with Crippen LogP contribution in [0, 0.1) is 11.8 Å². The number of fused-ring (bicyclic) bond motifs is 2. The maximum Gasteiger partial charge on any atom is 0.222 e. The molecule has 2 saturated heterocycles. The van der Waals surface area contributed by atoms with E-state index in [1.54, 1.807) is 0 Å². The van der Waals surface area contributed by atoms with E-state index in [1.807, 2.05) is 0 Å². The van der Waals surface area contributed by atoms with Crippen molar-refractivity contribution in [2.45, 2.75) is 25.3 Å². The summed E-state index contributed by atoms with van der Waals surface area (Å²) < 4.78 is 0. The highest BCUT2D eigenvalue weighted by Gasteiger charge is 2.46. The predicted molar refractivity (Wildman–Crippen MR) is 99.5 cm³/mol. The third-order valence-corrected chi connectivity index (χ3v) is 6.26. The van der Waals surface area contributed by atoms with Crippen LogP contribution in [0.1, 0.15) is 29.3 Å². The van der Waals surface area contributed by atoms with Crippen molar-refractivity contribution in [3.05, 3.63) is 47.2 Å². The fraction of sp³-hybridized carbons (Fsp3) is 0.500. The number of rotatable bonds is 2. The van der Waals surface area contributed by atoms with E-state index >= 15 is 0 Å². The van der Waals surface area contributed by atoms with Gasteiger partial charge in [-0.1, -0.05) is 30.3 Å². The molecule has 2 aromatic rings. The van der Waals surface area contributed by atoms with Gasteiger partial charge < -0.3 is 10.6 Å². The summed E-state index contributed by atoms with van der Waals surface area (Å²) in [7, 11) is 2.26. The molecule has 0 unspecified atom stereocenters. The molecule has 2 N–H and O–H groups in total. The number of nitrogens with zero attached hydrogens (tertiary/aromatic N) is 4. The third kappa shape index (κ3) is 2.41. The van der Waals surface area contributed by atoms with Crippen molar-refractivity contribution in [3.63, 3.8) is 0 Å². The van der Waals surface area contributed by atoms with E-state index in [1.165, 1.54) is 23.2 Å². The first kappa shape index (κ1) is 15.1. The number of anilines is 2. The largest absolute Gasteiger partial charge is 0.368 e. The van der Waals surface area contributed by atoms with Crippen LogP contribution >= 0.6 is 0 Å². The molecule has 130 valence electrons. The van der Waals surface area contributed by atoms with Crippen molar-refractivity contribution in [3.8, 4) is 0 Å². The summed E-state index contributed by atoms with van der Waals surface area (Å²) in [5.74, 6) is 2.90. The summed E-state index contributed by atoms with van der Waals surface area (Å²) >= 11 is 0. The molecule has 2 aliphatic heterocycles. The number of aromatic nitrogens is 2. The van der Waals surface area contributed by atoms with Gasteiger partial charge in [-0.15, -0.1) is 0 Å². The molecule has 0 spiro atoms. The Kier molecular flexibility index (Phi) is 3.45. The molecule has 0 radical (unpaired) electrons. The number of likely N-dealkylation sites (tertiary alicyclic amines) is 1. The maximum atomic E-state index is 6.00. The van der Waals surface area contributed by atoms with Crippen LogP contribution in [0.3, 0.4) is 0 Å². The van der Waals surface area contributed by atoms with Gasteiger partial charge in [-0.3, -0.25) is 4.90 Å². The Morgan fingerprint density at radius 2 is 1.88 bits per heavy atom. The molecule has 3 heterocycles. The van der Waals surface area contributed by atoms with Gasteiger partial charge in [-0.2, -0.15) is 4.98 Å². The van der Waals surface area contributed by atoms with E-state index in [9.17, 15) is 0 Å². The van der Waals surface area contributed by atoms with Gasteiger partial charge in [0.1, 0.15) is 5.82 Å². The zero-order valence-electron chi connectivity index (χ0n) is 14.7. The van der Waals surface area contributed by atoms with Crippen LogP contribution in [-0.2, 0) is 12.8 Å². The summed E-state index contributed by atoms with van der Waals surface area (Å²) in [6.07, 6.45) is 3.32. The number of hydrogen-bond donors (Lipinski definition) is 1. The summed E-state index contributed by atoms with van der Waals surface area (Å²) in [4.78, 5) is 14.1. The quantitative estimate of drug-likeness (QED) is 0.912. The number of nitrogen functional groups attached to an aromatic ring is 1. The summed E-state index contributed by atoms with van der Waals surface area (Å²) in [6, 6.07) is 11.5. The van der Waals surface area contributed by atoms with Gasteiger partial charge in [-0.05, 0) is 37.8 Å². The van der Waals surface area contributed by atoms with E-state index in [4.69, 9.17) is 5.73 Å². The highest BCUT2D eigenvalue weighted by atomic mass is 15.3. The van der Waals surface area contributed by atoms with Gasteiger partial charge in [0, 0.05) is 37.2 Å². The van der Waals surface area contributed by atoms with Gasteiger partial charge >= 0.3 is 0 Å². The summed E-state index contributed by atoms with van der Waals surface area (Å²) in [6.45, 7) is 3.31. The second-order valence-corrected chi connectivity index (χ2v) is 7.81. The minimum Gasteiger partial charge on any atom is -0.368 e. The van der Waals surface area contributed by atoms with Crippen LogP contribution in [-0.4, -0.2) is 41.5 Å². The highest BCUT2D eigenvalue weighted by molar-refractivity contribution is 5.54. The molecule has 3 aliphatic rings. The van der Waals surface area contributed by atoms with Crippen LogP contribution in [0.5, 0.6) is 0 Å². The third-order valence-electron chi connectivity index (χ3n) is 6.26. The van der Waals surface area contributed by atoms with Crippen LogP contribution in [0.2, 0.25) is 0 Å². The van der Waals surface area contributed by atoms with E-state index in [2.05, 4.69) is 57.1 Å². The molecule has 1 aliphatic carbocycles. The van der Waals surface area contributed by atoms with Gasteiger partial charge in [-0.25, -0.2) is 4.98 Å². The summed E-state index contributed by atoms with van der Waals surface area (Å²) in [5.41, 5.74) is 9.96. The molecular weight excluding hydrogens is 310 g/mol. The number of aryl methyl sites for hydroxylation is 1. The monoisotopic (exact) mass is 335 g/mol. The molecule has 0 bridgehead atoms. The molecule has 5 nitrogen and oxygen atoms in total. The van der Waals surface area contributed by atoms with Crippen LogP contribution < -0.4 is 10.6 Å². The van der Waals surface area contributed by atoms with Crippen molar-refractivity contribution in [1.82, 2.24) is 14.9 Å². The van der Waals surface area contributed by atoms with Crippen molar-refractivity contribution in [2.24, 2.45) is 11.8 Å². The molecule has 5 rings (SSSR count). The van der Waals surface area contributed by atoms with Gasteiger partial charge in [0.2, 0.25) is 5.95 Å². The van der Waals surface area contributed by atoms with Crippen LogP contribution in [0.15, 0.2) is 30.3 Å². The minimum atomic E-state index is 0.435. The summed E-state index contributed by atoms with van der Waals surface area (Å²) in [5, 5.41) is 0. The zero-order valence-corrected chi connectivity index (χ0v) is 14.7. The van der Waals surface area contributed by atoms with Gasteiger partial charge in [0.25, 0.3) is 0 Å². The SMILES string of the molecule is CN1C[C@H]2CN(c3nc(N)nc4c3CCC4)C[C@H]2[C@@H]1c1ccccc1. The van der Waals surface area contributed by atoms with Gasteiger partial charge in [0.15, 0.2) is 0 Å². The fourth-order valence-electron chi connectivity index (χ4n) is 5.28. The smallest absolute Gasteiger partial charge is 0.222 e. The van der Waals surface area contributed by atoms with Crippen molar-refractivity contribution >= 4 is 11.8 Å². The van der Waals surface area contributed by atoms with Crippen molar-refractivity contribution in [1.29, 1.82) is 0 Å².